The van der Waals surface area contributed by atoms with E-state index in [1.807, 2.05) is 44.2 Å². The smallest absolute Gasteiger partial charge is 0.194 e. The Balaban J connectivity index is 1.80. The van der Waals surface area contributed by atoms with Gasteiger partial charge in [-0.25, -0.2) is 0 Å². The van der Waals surface area contributed by atoms with Crippen LogP contribution in [0.3, 0.4) is 0 Å². The fourth-order valence-corrected chi connectivity index (χ4v) is 3.83. The van der Waals surface area contributed by atoms with Crippen LogP contribution in [0.15, 0.2) is 30.3 Å². The molecule has 0 aliphatic carbocycles. The molecular formula is C20H27NO5. The molecule has 0 amide bonds. The molecule has 142 valence electrons. The SMILES string of the molecule is CO[C@@]1(C)O[C@@H]2[C@H](OCc3ccccc3)OC[C@@H](C#N)[C@H]2C[C@]1(C)OC. The van der Waals surface area contributed by atoms with Crippen LogP contribution < -0.4 is 0 Å². The summed E-state index contributed by atoms with van der Waals surface area (Å²) >= 11 is 0. The van der Waals surface area contributed by atoms with Crippen molar-refractivity contribution in [3.05, 3.63) is 35.9 Å². The lowest BCUT2D eigenvalue weighted by Crippen LogP contribution is -2.66. The fraction of sp³-hybridized carbons (Fsp3) is 0.650. The Bertz CT molecular complexity index is 647. The van der Waals surface area contributed by atoms with Crippen LogP contribution in [0.2, 0.25) is 0 Å². The molecule has 6 heteroatoms. The van der Waals surface area contributed by atoms with Crippen LogP contribution in [0.1, 0.15) is 25.8 Å². The molecule has 2 aliphatic rings. The van der Waals surface area contributed by atoms with E-state index in [-0.39, 0.29) is 11.8 Å². The summed E-state index contributed by atoms with van der Waals surface area (Å²) in [5, 5.41) is 9.56. The molecule has 1 aromatic rings. The van der Waals surface area contributed by atoms with Gasteiger partial charge >= 0.3 is 0 Å². The second-order valence-electron chi connectivity index (χ2n) is 7.27. The minimum absolute atomic E-state index is 0.0531. The summed E-state index contributed by atoms with van der Waals surface area (Å²) in [6.45, 7) is 4.55. The normalized spacial score (nSPS) is 39.8. The molecule has 2 saturated heterocycles. The number of nitriles is 1. The summed E-state index contributed by atoms with van der Waals surface area (Å²) < 4.78 is 29.6. The molecule has 2 heterocycles. The van der Waals surface area contributed by atoms with E-state index in [0.717, 1.165) is 5.56 Å². The van der Waals surface area contributed by atoms with Crippen molar-refractivity contribution in [1.82, 2.24) is 0 Å². The number of hydrogen-bond acceptors (Lipinski definition) is 6. The number of fused-ring (bicyclic) bond motifs is 1. The monoisotopic (exact) mass is 361 g/mol. The highest BCUT2D eigenvalue weighted by atomic mass is 16.8. The zero-order chi connectivity index (χ0) is 18.8. The van der Waals surface area contributed by atoms with E-state index in [9.17, 15) is 5.26 Å². The van der Waals surface area contributed by atoms with Gasteiger partial charge in [0.05, 0.1) is 25.2 Å². The Morgan fingerprint density at radius 3 is 2.54 bits per heavy atom. The third-order valence-corrected chi connectivity index (χ3v) is 5.86. The molecule has 6 atom stereocenters. The highest BCUT2D eigenvalue weighted by Crippen LogP contribution is 2.48. The third kappa shape index (κ3) is 3.38. The van der Waals surface area contributed by atoms with Crippen LogP contribution in [0, 0.1) is 23.2 Å². The van der Waals surface area contributed by atoms with Crippen LogP contribution >= 0.6 is 0 Å². The Labute approximate surface area is 154 Å². The Kier molecular flexibility index (Phi) is 5.66. The number of methoxy groups -OCH3 is 2. The summed E-state index contributed by atoms with van der Waals surface area (Å²) in [5.74, 6) is -1.28. The molecule has 26 heavy (non-hydrogen) atoms. The van der Waals surface area contributed by atoms with Crippen molar-refractivity contribution in [2.45, 2.75) is 50.7 Å². The van der Waals surface area contributed by atoms with Crippen molar-refractivity contribution in [1.29, 1.82) is 5.26 Å². The van der Waals surface area contributed by atoms with Gasteiger partial charge in [-0.05, 0) is 25.8 Å². The maximum Gasteiger partial charge on any atom is 0.194 e. The standard InChI is InChI=1S/C20H27NO5/c1-19(22-3)10-16-15(11-21)13-25-18(17(16)26-20(19,2)23-4)24-12-14-8-6-5-7-9-14/h5-9,15-18H,10,12-13H2,1-4H3/t15-,16-,17+,18-,19+,20+/m1/s1. The van der Waals surface area contributed by atoms with E-state index >= 15 is 0 Å². The fourth-order valence-electron chi connectivity index (χ4n) is 3.83. The second kappa shape index (κ2) is 7.63. The van der Waals surface area contributed by atoms with Gasteiger partial charge in [0.15, 0.2) is 12.1 Å². The summed E-state index contributed by atoms with van der Waals surface area (Å²) in [5.41, 5.74) is 0.390. The Morgan fingerprint density at radius 2 is 1.92 bits per heavy atom. The minimum atomic E-state index is -0.960. The van der Waals surface area contributed by atoms with E-state index in [0.29, 0.717) is 19.6 Å². The number of rotatable bonds is 5. The Hall–Kier alpha value is -1.49. The molecule has 0 aromatic heterocycles. The molecule has 0 bridgehead atoms. The first-order valence-corrected chi connectivity index (χ1v) is 8.91. The minimum Gasteiger partial charge on any atom is -0.373 e. The topological polar surface area (TPSA) is 69.9 Å². The first kappa shape index (κ1) is 19.3. The van der Waals surface area contributed by atoms with E-state index in [2.05, 4.69) is 6.07 Å². The van der Waals surface area contributed by atoms with Crippen LogP contribution in [0.5, 0.6) is 0 Å². The van der Waals surface area contributed by atoms with Crippen molar-refractivity contribution in [2.75, 3.05) is 20.8 Å². The van der Waals surface area contributed by atoms with Crippen molar-refractivity contribution in [3.63, 3.8) is 0 Å². The van der Waals surface area contributed by atoms with Gasteiger partial charge in [0, 0.05) is 20.1 Å². The molecule has 0 saturated carbocycles. The predicted molar refractivity (Wildman–Crippen MR) is 93.9 cm³/mol. The molecule has 2 fully saturated rings. The summed E-state index contributed by atoms with van der Waals surface area (Å²) in [6, 6.07) is 12.3. The third-order valence-electron chi connectivity index (χ3n) is 5.86. The van der Waals surface area contributed by atoms with Gasteiger partial charge < -0.3 is 23.7 Å². The molecule has 0 spiro atoms. The van der Waals surface area contributed by atoms with E-state index in [1.165, 1.54) is 0 Å². The van der Waals surface area contributed by atoms with Gasteiger partial charge in [-0.2, -0.15) is 5.26 Å². The van der Waals surface area contributed by atoms with Crippen LogP contribution in [0.25, 0.3) is 0 Å². The molecule has 1 aromatic carbocycles. The zero-order valence-corrected chi connectivity index (χ0v) is 15.8. The predicted octanol–water partition coefficient (Wildman–Crippen LogP) is 2.87. The van der Waals surface area contributed by atoms with Crippen LogP contribution in [0.4, 0.5) is 0 Å². The van der Waals surface area contributed by atoms with E-state index in [4.69, 9.17) is 23.7 Å². The van der Waals surface area contributed by atoms with Crippen molar-refractivity contribution in [2.24, 2.45) is 11.8 Å². The largest absolute Gasteiger partial charge is 0.373 e. The molecule has 0 N–H and O–H groups in total. The van der Waals surface area contributed by atoms with Gasteiger partial charge in [-0.15, -0.1) is 0 Å². The maximum atomic E-state index is 9.56. The van der Waals surface area contributed by atoms with Gasteiger partial charge in [-0.3, -0.25) is 0 Å². The lowest BCUT2D eigenvalue weighted by Gasteiger charge is -2.55. The van der Waals surface area contributed by atoms with E-state index in [1.54, 1.807) is 14.2 Å². The van der Waals surface area contributed by atoms with Crippen LogP contribution in [-0.4, -0.2) is 44.6 Å². The number of benzene rings is 1. The highest BCUT2D eigenvalue weighted by molar-refractivity contribution is 5.13. The first-order chi connectivity index (χ1) is 12.5. The summed E-state index contributed by atoms with van der Waals surface area (Å²) in [7, 11) is 3.24. The molecule has 0 unspecified atom stereocenters. The van der Waals surface area contributed by atoms with Crippen LogP contribution in [-0.2, 0) is 30.3 Å². The van der Waals surface area contributed by atoms with Crippen molar-refractivity contribution < 1.29 is 23.7 Å². The molecule has 6 nitrogen and oxygen atoms in total. The lowest BCUT2D eigenvalue weighted by molar-refractivity contribution is -0.395. The molecular weight excluding hydrogens is 334 g/mol. The van der Waals surface area contributed by atoms with Crippen molar-refractivity contribution in [3.8, 4) is 6.07 Å². The Morgan fingerprint density at radius 1 is 1.19 bits per heavy atom. The van der Waals surface area contributed by atoms with Gasteiger partial charge in [0.2, 0.25) is 0 Å². The first-order valence-electron chi connectivity index (χ1n) is 8.91. The van der Waals surface area contributed by atoms with Gasteiger partial charge in [-0.1, -0.05) is 30.3 Å². The number of ether oxygens (including phenoxy) is 5. The van der Waals surface area contributed by atoms with Crippen molar-refractivity contribution >= 4 is 0 Å². The average molecular weight is 361 g/mol. The van der Waals surface area contributed by atoms with Gasteiger partial charge in [0.1, 0.15) is 11.7 Å². The molecule has 2 aliphatic heterocycles. The number of hydrogen-bond donors (Lipinski definition) is 0. The summed E-state index contributed by atoms with van der Waals surface area (Å²) in [4.78, 5) is 0. The highest BCUT2D eigenvalue weighted by Gasteiger charge is 2.59. The lowest BCUT2D eigenvalue weighted by atomic mass is 9.73. The number of nitrogens with zero attached hydrogens (tertiary/aromatic N) is 1. The zero-order valence-electron chi connectivity index (χ0n) is 15.8. The van der Waals surface area contributed by atoms with Gasteiger partial charge in [0.25, 0.3) is 0 Å². The molecule has 3 rings (SSSR count). The average Bonchev–Trinajstić information content (AvgIpc) is 2.68. The van der Waals surface area contributed by atoms with E-state index < -0.39 is 23.8 Å². The second-order valence-corrected chi connectivity index (χ2v) is 7.27. The quantitative estimate of drug-likeness (QED) is 0.803. The summed E-state index contributed by atoms with van der Waals surface area (Å²) in [6.07, 6.45) is -0.323. The molecule has 0 radical (unpaired) electrons. The maximum absolute atomic E-state index is 9.56.